The Morgan fingerprint density at radius 1 is 1.38 bits per heavy atom. The topological polar surface area (TPSA) is 71.7 Å². The van der Waals surface area contributed by atoms with Gasteiger partial charge in [-0.3, -0.25) is 4.99 Å². The number of hydrogen-bond donors (Lipinski definition) is 2. The van der Waals surface area contributed by atoms with Crippen molar-refractivity contribution in [3.8, 4) is 0 Å². The Balaban J connectivity index is 0.00000288. The first-order valence-corrected chi connectivity index (χ1v) is 8.46. The van der Waals surface area contributed by atoms with Crippen LogP contribution in [0.1, 0.15) is 51.7 Å². The normalized spacial score (nSPS) is 15.1. The minimum absolute atomic E-state index is 0. The van der Waals surface area contributed by atoms with Gasteiger partial charge in [0.1, 0.15) is 5.76 Å². The van der Waals surface area contributed by atoms with Gasteiger partial charge in [-0.15, -0.1) is 24.0 Å². The molecule has 0 radical (unpaired) electrons. The maximum absolute atomic E-state index is 5.75. The summed E-state index contributed by atoms with van der Waals surface area (Å²) in [6.07, 6.45) is 5.45. The molecule has 0 bridgehead atoms. The van der Waals surface area contributed by atoms with Crippen molar-refractivity contribution in [1.82, 2.24) is 15.6 Å². The molecule has 1 aromatic rings. The van der Waals surface area contributed by atoms with Crippen LogP contribution in [0.15, 0.2) is 15.6 Å². The molecule has 7 heteroatoms. The highest BCUT2D eigenvalue weighted by atomic mass is 127. The molecule has 1 aliphatic carbocycles. The summed E-state index contributed by atoms with van der Waals surface area (Å²) >= 11 is 0. The van der Waals surface area contributed by atoms with Gasteiger partial charge < -0.3 is 19.8 Å². The molecule has 2 rings (SSSR count). The zero-order chi connectivity index (χ0) is 16.7. The molecule has 1 saturated carbocycles. The standard InChI is InChI=1S/C17H30N4O2.HI/c1-17(2,3)14-10-20-15(23-14)11-21-16(18-4)19-8-5-9-22-12-13-6-7-13;/h10,13H,5-9,11-12H2,1-4H3,(H2,18,19,21);1H. The van der Waals surface area contributed by atoms with E-state index in [1.54, 1.807) is 13.2 Å². The zero-order valence-electron chi connectivity index (χ0n) is 15.2. The van der Waals surface area contributed by atoms with E-state index in [1.165, 1.54) is 12.8 Å². The monoisotopic (exact) mass is 450 g/mol. The van der Waals surface area contributed by atoms with E-state index in [9.17, 15) is 0 Å². The van der Waals surface area contributed by atoms with Crippen molar-refractivity contribution in [3.63, 3.8) is 0 Å². The van der Waals surface area contributed by atoms with Crippen molar-refractivity contribution in [3.05, 3.63) is 17.8 Å². The molecule has 1 heterocycles. The highest BCUT2D eigenvalue weighted by Gasteiger charge is 2.21. The number of aromatic nitrogens is 1. The molecular weight excluding hydrogens is 419 g/mol. The molecule has 1 aliphatic rings. The Kier molecular flexibility index (Phi) is 9.04. The zero-order valence-corrected chi connectivity index (χ0v) is 17.6. The largest absolute Gasteiger partial charge is 0.443 e. The van der Waals surface area contributed by atoms with Gasteiger partial charge in [-0.05, 0) is 25.2 Å². The summed E-state index contributed by atoms with van der Waals surface area (Å²) in [5.41, 5.74) is -0.0222. The summed E-state index contributed by atoms with van der Waals surface area (Å²) in [4.78, 5) is 8.50. The van der Waals surface area contributed by atoms with Crippen molar-refractivity contribution in [2.75, 3.05) is 26.8 Å². The number of rotatable bonds is 8. The van der Waals surface area contributed by atoms with Crippen molar-refractivity contribution < 1.29 is 9.15 Å². The third-order valence-electron chi connectivity index (χ3n) is 3.73. The third-order valence-corrected chi connectivity index (χ3v) is 3.73. The Labute approximate surface area is 162 Å². The summed E-state index contributed by atoms with van der Waals surface area (Å²) in [7, 11) is 1.76. The number of hydrogen-bond acceptors (Lipinski definition) is 4. The van der Waals surface area contributed by atoms with E-state index in [1.807, 2.05) is 0 Å². The van der Waals surface area contributed by atoms with Gasteiger partial charge >= 0.3 is 0 Å². The lowest BCUT2D eigenvalue weighted by Gasteiger charge is -2.13. The van der Waals surface area contributed by atoms with E-state index in [-0.39, 0.29) is 29.4 Å². The fourth-order valence-electron chi connectivity index (χ4n) is 2.03. The molecule has 138 valence electrons. The molecule has 0 aromatic carbocycles. The second-order valence-electron chi connectivity index (χ2n) is 7.09. The van der Waals surface area contributed by atoms with E-state index in [2.05, 4.69) is 41.4 Å². The Morgan fingerprint density at radius 2 is 2.12 bits per heavy atom. The van der Waals surface area contributed by atoms with Gasteiger partial charge in [-0.1, -0.05) is 20.8 Å². The average Bonchev–Trinajstić information content (AvgIpc) is 3.19. The molecule has 0 amide bonds. The van der Waals surface area contributed by atoms with Crippen LogP contribution >= 0.6 is 24.0 Å². The van der Waals surface area contributed by atoms with Gasteiger partial charge in [0.2, 0.25) is 5.89 Å². The van der Waals surface area contributed by atoms with Crippen molar-refractivity contribution in [2.45, 2.75) is 52.0 Å². The molecule has 24 heavy (non-hydrogen) atoms. The fourth-order valence-corrected chi connectivity index (χ4v) is 2.03. The van der Waals surface area contributed by atoms with Gasteiger partial charge in [0.15, 0.2) is 5.96 Å². The van der Waals surface area contributed by atoms with Crippen LogP contribution in [0.25, 0.3) is 0 Å². The second kappa shape index (κ2) is 10.2. The van der Waals surface area contributed by atoms with Gasteiger partial charge in [0.25, 0.3) is 0 Å². The molecule has 2 N–H and O–H groups in total. The van der Waals surface area contributed by atoms with Crippen LogP contribution in [0.2, 0.25) is 0 Å². The van der Waals surface area contributed by atoms with Gasteiger partial charge in [0, 0.05) is 32.2 Å². The summed E-state index contributed by atoms with van der Waals surface area (Å²) in [6, 6.07) is 0. The molecule has 0 spiro atoms. The van der Waals surface area contributed by atoms with E-state index < -0.39 is 0 Å². The maximum atomic E-state index is 5.75. The van der Waals surface area contributed by atoms with Crippen molar-refractivity contribution in [1.29, 1.82) is 0 Å². The van der Waals surface area contributed by atoms with E-state index in [4.69, 9.17) is 9.15 Å². The average molecular weight is 450 g/mol. The highest BCUT2D eigenvalue weighted by molar-refractivity contribution is 14.0. The van der Waals surface area contributed by atoms with E-state index >= 15 is 0 Å². The lowest BCUT2D eigenvalue weighted by Crippen LogP contribution is -2.37. The van der Waals surface area contributed by atoms with Crippen LogP contribution in [0.3, 0.4) is 0 Å². The molecular formula is C17H31IN4O2. The van der Waals surface area contributed by atoms with Crippen LogP contribution in [0, 0.1) is 5.92 Å². The van der Waals surface area contributed by atoms with Crippen LogP contribution in [-0.2, 0) is 16.7 Å². The predicted octanol–water partition coefficient (Wildman–Crippen LogP) is 3.07. The smallest absolute Gasteiger partial charge is 0.213 e. The number of ether oxygens (including phenoxy) is 1. The molecule has 0 aliphatic heterocycles. The second-order valence-corrected chi connectivity index (χ2v) is 7.09. The van der Waals surface area contributed by atoms with E-state index in [0.29, 0.717) is 12.4 Å². The third kappa shape index (κ3) is 7.83. The quantitative estimate of drug-likeness (QED) is 0.276. The molecule has 1 aromatic heterocycles. The lowest BCUT2D eigenvalue weighted by molar-refractivity contribution is 0.123. The van der Waals surface area contributed by atoms with Crippen molar-refractivity contribution >= 4 is 29.9 Å². The number of guanidine groups is 1. The van der Waals surface area contributed by atoms with Crippen LogP contribution in [-0.4, -0.2) is 37.7 Å². The molecule has 6 nitrogen and oxygen atoms in total. The fraction of sp³-hybridized carbons (Fsp3) is 0.765. The van der Waals surface area contributed by atoms with Crippen LogP contribution in [0.5, 0.6) is 0 Å². The minimum Gasteiger partial charge on any atom is -0.443 e. The Morgan fingerprint density at radius 3 is 2.71 bits per heavy atom. The Bertz CT molecular complexity index is 507. The first-order valence-electron chi connectivity index (χ1n) is 8.46. The number of oxazole rings is 1. The summed E-state index contributed by atoms with van der Waals surface area (Å²) in [5.74, 6) is 3.15. The predicted molar refractivity (Wildman–Crippen MR) is 107 cm³/mol. The van der Waals surface area contributed by atoms with Gasteiger partial charge in [0.05, 0.1) is 12.7 Å². The first-order chi connectivity index (χ1) is 11.0. The number of aliphatic imine (C=N–C) groups is 1. The summed E-state index contributed by atoms with van der Waals surface area (Å²) in [5, 5.41) is 6.48. The molecule has 0 unspecified atom stereocenters. The number of nitrogens with one attached hydrogen (secondary N) is 2. The Hall–Kier alpha value is -0.830. The minimum atomic E-state index is -0.0222. The van der Waals surface area contributed by atoms with Gasteiger partial charge in [-0.2, -0.15) is 0 Å². The van der Waals surface area contributed by atoms with Gasteiger partial charge in [-0.25, -0.2) is 4.98 Å². The van der Waals surface area contributed by atoms with Crippen LogP contribution in [0.4, 0.5) is 0 Å². The number of halogens is 1. The molecule has 0 saturated heterocycles. The maximum Gasteiger partial charge on any atom is 0.213 e. The van der Waals surface area contributed by atoms with Crippen LogP contribution < -0.4 is 10.6 Å². The highest BCUT2D eigenvalue weighted by Crippen LogP contribution is 2.28. The summed E-state index contributed by atoms with van der Waals surface area (Å²) < 4.78 is 11.4. The van der Waals surface area contributed by atoms with Crippen molar-refractivity contribution in [2.24, 2.45) is 10.9 Å². The molecule has 1 fully saturated rings. The van der Waals surface area contributed by atoms with E-state index in [0.717, 1.165) is 43.8 Å². The SMILES string of the molecule is CN=C(NCCCOCC1CC1)NCc1ncc(C(C)(C)C)o1.I. The summed E-state index contributed by atoms with van der Waals surface area (Å²) in [6.45, 7) is 9.41. The lowest BCUT2D eigenvalue weighted by atomic mass is 9.94. The number of nitrogens with zero attached hydrogens (tertiary/aromatic N) is 2. The first kappa shape index (κ1) is 21.2. The molecule has 0 atom stereocenters.